The molecule has 0 amide bonds. The first-order valence-electron chi connectivity index (χ1n) is 18.7. The molecule has 13 nitrogen and oxygen atoms in total. The number of aromatic nitrogens is 8. The third-order valence-electron chi connectivity index (χ3n) is 10.7. The number of carboxylic acids is 2. The van der Waals surface area contributed by atoms with Crippen LogP contribution in [0.5, 0.6) is 11.5 Å². The summed E-state index contributed by atoms with van der Waals surface area (Å²) in [6, 6.07) is 24.7. The molecule has 2 aliphatic heterocycles. The molecule has 300 valence electrons. The Bertz CT molecular complexity index is 3440. The van der Waals surface area contributed by atoms with Gasteiger partial charge in [0.25, 0.3) is 0 Å². The summed E-state index contributed by atoms with van der Waals surface area (Å²) in [6.07, 6.45) is 0. The van der Waals surface area contributed by atoms with Gasteiger partial charge in [-0.3, -0.25) is 4.57 Å². The van der Waals surface area contributed by atoms with E-state index in [1.54, 1.807) is 0 Å². The third-order valence-corrected chi connectivity index (χ3v) is 11.8. The summed E-state index contributed by atoms with van der Waals surface area (Å²) in [7, 11) is 1.84. The Morgan fingerprint density at radius 3 is 1.69 bits per heavy atom. The fourth-order valence-electron chi connectivity index (χ4n) is 7.60. The van der Waals surface area contributed by atoms with Gasteiger partial charge in [-0.05, 0) is 46.0 Å². The van der Waals surface area contributed by atoms with Gasteiger partial charge in [-0.1, -0.05) is 116 Å². The number of carboxylic acid groups (broad SMARTS) is 2. The van der Waals surface area contributed by atoms with E-state index in [0.717, 1.165) is 45.7 Å². The van der Waals surface area contributed by atoms with E-state index in [4.69, 9.17) is 74.4 Å². The molecule has 0 saturated carbocycles. The molecule has 0 saturated heterocycles. The van der Waals surface area contributed by atoms with Crippen LogP contribution >= 0.6 is 34.8 Å². The molecular weight excluding hydrogens is 904 g/mol. The first kappa shape index (κ1) is 41.1. The number of nitrogens with zero attached hydrogens (tertiary/aromatic N) is 8. The molecule has 8 bridgehead atoms. The number of hydrogen-bond donors (Lipinski definition) is 2. The molecule has 5 aromatic carbocycles. The van der Waals surface area contributed by atoms with Gasteiger partial charge in [0, 0.05) is 55.6 Å². The molecule has 10 rings (SSSR count). The minimum atomic E-state index is -1.37. The second kappa shape index (κ2) is 15.0. The zero-order chi connectivity index (χ0) is 42.6. The molecule has 0 fully saturated rings. The van der Waals surface area contributed by atoms with Gasteiger partial charge in [0.05, 0.1) is 39.9 Å². The van der Waals surface area contributed by atoms with Crippen LogP contribution in [0.1, 0.15) is 47.1 Å². The average molecular weight is 933 g/mol. The summed E-state index contributed by atoms with van der Waals surface area (Å²) < 4.78 is 7.94. The molecule has 2 aliphatic rings. The molecule has 3 aromatic heterocycles. The zero-order valence-electron chi connectivity index (χ0n) is 33.1. The summed E-state index contributed by atoms with van der Waals surface area (Å²) in [4.78, 5) is 59.1. The van der Waals surface area contributed by atoms with Gasteiger partial charge in [0.2, 0.25) is 0 Å². The number of hydrogen-bond acceptors (Lipinski definition) is 8. The standard InChI is InChI=1S/C45H29Cl3N8O5.Zn/c1-45(2,3)21-13-14-25-28(18-21)38-51-37(25)50-35-23-9-5-6-10-24(23)36(49-35)52-39-29-30(40(53-39)55-42-27-12-8-7-11-26(27)41(54-38)56(42)4)32(47)34(33(48)31(29)46)61-22-16-19(43(57)58)15-20(17-22)44(59)60;/h5-18H,1-4H3,(H3,49,50,51,52,53,54,55,57,58,59,60);/q;+2/p-1. The Morgan fingerprint density at radius 2 is 1.11 bits per heavy atom. The van der Waals surface area contributed by atoms with Crippen molar-refractivity contribution in [3.8, 4) is 57.1 Å². The Hall–Kier alpha value is -6.31. The summed E-state index contributed by atoms with van der Waals surface area (Å²) in [5.74, 6) is -1.41. The van der Waals surface area contributed by atoms with Gasteiger partial charge < -0.3 is 44.9 Å². The number of halogens is 3. The fraction of sp³-hybridized carbons (Fsp3) is 0.111. The summed E-state index contributed by atoms with van der Waals surface area (Å²) in [6.45, 7) is 6.45. The first-order chi connectivity index (χ1) is 29.2. The van der Waals surface area contributed by atoms with Crippen LogP contribution < -0.4 is 19.3 Å². The van der Waals surface area contributed by atoms with E-state index in [0.29, 0.717) is 39.9 Å². The molecule has 5 heterocycles. The smallest absolute Gasteiger partial charge is 0.478 e. The van der Waals surface area contributed by atoms with Crippen molar-refractivity contribution in [3.05, 3.63) is 117 Å². The zero-order valence-corrected chi connectivity index (χ0v) is 38.4. The maximum Gasteiger partial charge on any atom is 2.00 e. The van der Waals surface area contributed by atoms with Crippen molar-refractivity contribution < 1.29 is 48.6 Å². The second-order valence-corrected chi connectivity index (χ2v) is 16.6. The molecule has 0 spiro atoms. The molecule has 8 aromatic rings. The number of benzene rings is 5. The maximum atomic E-state index is 11.9. The minimum absolute atomic E-state index is 0. The van der Waals surface area contributed by atoms with E-state index in [1.165, 1.54) is 0 Å². The predicted molar refractivity (Wildman–Crippen MR) is 232 cm³/mol. The van der Waals surface area contributed by atoms with Gasteiger partial charge >= 0.3 is 31.4 Å². The SMILES string of the molecule is C[n+]1c2nc3[n-]c(nc4nc(nc5[n-]c(nc1-c1ccccc1-2)c1c(Cl)c(Oc2cc(C(=O)O)cc(C(=O)O)c2)c(Cl)c(Cl)c51)-c1ccccc1-4)c1ccc(C(C)(C)C)cc31.[Zn+2]. The molecule has 17 heteroatoms. The predicted octanol–water partition coefficient (Wildman–Crippen LogP) is 10.0. The van der Waals surface area contributed by atoms with Crippen molar-refractivity contribution in [1.29, 1.82) is 0 Å². The van der Waals surface area contributed by atoms with Crippen LogP contribution in [0.25, 0.3) is 89.7 Å². The van der Waals surface area contributed by atoms with E-state index in [-0.39, 0.29) is 90.5 Å². The van der Waals surface area contributed by atoms with Crippen molar-refractivity contribution in [2.45, 2.75) is 26.2 Å². The summed E-state index contributed by atoms with van der Waals surface area (Å²) in [5.41, 5.74) is 4.28. The van der Waals surface area contributed by atoms with Crippen LogP contribution in [0.4, 0.5) is 0 Å². The van der Waals surface area contributed by atoms with E-state index in [1.807, 2.05) is 66.2 Å². The number of aromatic carboxylic acids is 2. The van der Waals surface area contributed by atoms with Gasteiger partial charge in [-0.2, -0.15) is 0 Å². The molecular formula is C45H28Cl3N8O5Zn+. The molecule has 0 radical (unpaired) electrons. The van der Waals surface area contributed by atoms with Crippen LogP contribution in [-0.4, -0.2) is 47.1 Å². The van der Waals surface area contributed by atoms with Crippen LogP contribution in [0.15, 0.2) is 84.9 Å². The van der Waals surface area contributed by atoms with Crippen LogP contribution in [0.2, 0.25) is 15.1 Å². The van der Waals surface area contributed by atoms with Gasteiger partial charge in [0.1, 0.15) is 22.4 Å². The Balaban J connectivity index is 0.00000490. The van der Waals surface area contributed by atoms with E-state index in [2.05, 4.69) is 32.9 Å². The van der Waals surface area contributed by atoms with Gasteiger partial charge in [0.15, 0.2) is 5.75 Å². The Labute approximate surface area is 379 Å². The van der Waals surface area contributed by atoms with Crippen molar-refractivity contribution in [2.24, 2.45) is 7.05 Å². The molecule has 0 aliphatic carbocycles. The average Bonchev–Trinajstić information content (AvgIpc) is 3.95. The van der Waals surface area contributed by atoms with Gasteiger partial charge in [-0.15, -0.1) is 0 Å². The van der Waals surface area contributed by atoms with Crippen LogP contribution in [0.3, 0.4) is 0 Å². The number of rotatable bonds is 4. The Morgan fingerprint density at radius 1 is 0.613 bits per heavy atom. The minimum Gasteiger partial charge on any atom is -0.478 e. The third kappa shape index (κ3) is 6.57. The summed E-state index contributed by atoms with van der Waals surface area (Å²) >= 11 is 21.3. The molecule has 0 atom stereocenters. The van der Waals surface area contributed by atoms with Gasteiger partial charge in [-0.25, -0.2) is 14.6 Å². The quantitative estimate of drug-likeness (QED) is 0.0970. The van der Waals surface area contributed by atoms with Crippen LogP contribution in [-0.2, 0) is 31.9 Å². The van der Waals surface area contributed by atoms with E-state index >= 15 is 0 Å². The monoisotopic (exact) mass is 929 g/mol. The number of carbonyl (C=O) groups is 2. The number of fused-ring (bicyclic) bond motifs is 20. The largest absolute Gasteiger partial charge is 2.00 e. The van der Waals surface area contributed by atoms with E-state index < -0.39 is 11.9 Å². The second-order valence-electron chi connectivity index (χ2n) is 15.5. The molecule has 0 unspecified atom stereocenters. The molecule has 2 N–H and O–H groups in total. The van der Waals surface area contributed by atoms with Crippen molar-refractivity contribution in [3.63, 3.8) is 0 Å². The maximum absolute atomic E-state index is 11.9. The first-order valence-corrected chi connectivity index (χ1v) is 19.9. The fourth-order valence-corrected chi connectivity index (χ4v) is 8.45. The van der Waals surface area contributed by atoms with Crippen molar-refractivity contribution >= 4 is 90.9 Å². The Kier molecular flexibility index (Phi) is 9.90. The summed E-state index contributed by atoms with van der Waals surface area (Å²) in [5, 5.41) is 21.2. The van der Waals surface area contributed by atoms with E-state index in [9.17, 15) is 19.8 Å². The van der Waals surface area contributed by atoms with Crippen LogP contribution in [0, 0.1) is 0 Å². The van der Waals surface area contributed by atoms with Crippen molar-refractivity contribution in [2.75, 3.05) is 0 Å². The number of ether oxygens (including phenoxy) is 1. The van der Waals surface area contributed by atoms with Crippen molar-refractivity contribution in [1.82, 2.24) is 34.9 Å². The normalized spacial score (nSPS) is 11.9. The topological polar surface area (TPSA) is 180 Å². The molecule has 62 heavy (non-hydrogen) atoms.